The molecule has 1 amide bonds. The van der Waals surface area contributed by atoms with Crippen LogP contribution in [0.15, 0.2) is 59.6 Å². The molecule has 1 saturated carbocycles. The normalized spacial score (nSPS) is 21.1. The lowest BCUT2D eigenvalue weighted by Gasteiger charge is -2.41. The number of guanidine groups is 1. The molecule has 8 nitrogen and oxygen atoms in total. The van der Waals surface area contributed by atoms with E-state index in [9.17, 15) is 9.90 Å². The van der Waals surface area contributed by atoms with Crippen molar-refractivity contribution in [2.75, 3.05) is 20.3 Å². The fraction of sp³-hybridized carbons (Fsp3) is 0.423. The molecule has 3 rings (SSSR count). The summed E-state index contributed by atoms with van der Waals surface area (Å²) in [7, 11) is 1.56. The zero-order valence-electron chi connectivity index (χ0n) is 19.8. The molecule has 8 heteroatoms. The van der Waals surface area contributed by atoms with E-state index in [0.717, 1.165) is 25.7 Å². The monoisotopic (exact) mass is 463 g/mol. The number of ether oxygens (including phenoxy) is 1. The fourth-order valence-electron chi connectivity index (χ4n) is 4.48. The van der Waals surface area contributed by atoms with Crippen molar-refractivity contribution in [3.05, 3.63) is 65.7 Å². The Bertz CT molecular complexity index is 1010. The first kappa shape index (κ1) is 25.1. The number of para-hydroxylation sites is 1. The van der Waals surface area contributed by atoms with Crippen molar-refractivity contribution in [2.45, 2.75) is 50.1 Å². The molecule has 0 aliphatic heterocycles. The van der Waals surface area contributed by atoms with Crippen molar-refractivity contribution >= 4 is 11.9 Å². The van der Waals surface area contributed by atoms with Crippen LogP contribution in [-0.2, 0) is 5.41 Å². The first-order valence-electron chi connectivity index (χ1n) is 11.6. The van der Waals surface area contributed by atoms with E-state index in [1.807, 2.05) is 43.4 Å². The molecule has 2 aromatic carbocycles. The number of aliphatic hydroxyl groups excluding tert-OH is 1. The molecule has 1 aliphatic carbocycles. The summed E-state index contributed by atoms with van der Waals surface area (Å²) in [6, 6.07) is 17.4. The molecule has 1 atom stereocenters. The third-order valence-corrected chi connectivity index (χ3v) is 6.43. The Balaban J connectivity index is 1.71. The first-order valence-corrected chi connectivity index (χ1v) is 11.6. The van der Waals surface area contributed by atoms with E-state index in [2.05, 4.69) is 33.1 Å². The minimum absolute atomic E-state index is 0.0557. The SMILES string of the molecule is COc1ccccc1C(=O)NC[C@]1(c2ccccc2)CC[C@H](N/C(=N\C#N)N[C@@H](C)CO)CC1. The summed E-state index contributed by atoms with van der Waals surface area (Å²) < 4.78 is 5.35. The largest absolute Gasteiger partial charge is 0.496 e. The number of amides is 1. The number of benzene rings is 2. The van der Waals surface area contributed by atoms with E-state index in [1.165, 1.54) is 5.56 Å². The highest BCUT2D eigenvalue weighted by atomic mass is 16.5. The molecule has 0 bridgehead atoms. The summed E-state index contributed by atoms with van der Waals surface area (Å²) in [5.41, 5.74) is 1.52. The third kappa shape index (κ3) is 6.27. The fourth-order valence-corrected chi connectivity index (χ4v) is 4.48. The minimum atomic E-state index is -0.211. The van der Waals surface area contributed by atoms with Crippen LogP contribution in [-0.4, -0.2) is 49.3 Å². The number of hydrogen-bond donors (Lipinski definition) is 4. The third-order valence-electron chi connectivity index (χ3n) is 6.43. The highest BCUT2D eigenvalue weighted by Crippen LogP contribution is 2.39. The van der Waals surface area contributed by atoms with E-state index >= 15 is 0 Å². The number of carbonyl (C=O) groups excluding carboxylic acids is 1. The van der Waals surface area contributed by atoms with E-state index in [-0.39, 0.29) is 30.0 Å². The van der Waals surface area contributed by atoms with Crippen LogP contribution in [0.3, 0.4) is 0 Å². The second kappa shape index (κ2) is 12.1. The van der Waals surface area contributed by atoms with Gasteiger partial charge in [0.25, 0.3) is 5.91 Å². The molecule has 1 aliphatic rings. The van der Waals surface area contributed by atoms with E-state index in [1.54, 1.807) is 19.2 Å². The predicted molar refractivity (Wildman–Crippen MR) is 132 cm³/mol. The molecule has 0 radical (unpaired) electrons. The Kier molecular flexibility index (Phi) is 8.88. The summed E-state index contributed by atoms with van der Waals surface area (Å²) >= 11 is 0. The van der Waals surface area contributed by atoms with Gasteiger partial charge in [-0.05, 0) is 50.3 Å². The molecular weight excluding hydrogens is 430 g/mol. The Morgan fingerprint density at radius 3 is 2.53 bits per heavy atom. The van der Waals surface area contributed by atoms with Crippen molar-refractivity contribution in [1.29, 1.82) is 5.26 Å². The first-order chi connectivity index (χ1) is 16.5. The second-order valence-electron chi connectivity index (χ2n) is 8.74. The van der Waals surface area contributed by atoms with Gasteiger partial charge in [-0.25, -0.2) is 0 Å². The number of nitrogens with one attached hydrogen (secondary N) is 3. The quantitative estimate of drug-likeness (QED) is 0.272. The highest BCUT2D eigenvalue weighted by Gasteiger charge is 2.37. The zero-order valence-corrected chi connectivity index (χ0v) is 19.8. The average Bonchev–Trinajstić information content (AvgIpc) is 2.88. The van der Waals surface area contributed by atoms with Crippen molar-refractivity contribution in [3.63, 3.8) is 0 Å². The molecule has 1 fully saturated rings. The van der Waals surface area contributed by atoms with Crippen LogP contribution < -0.4 is 20.7 Å². The van der Waals surface area contributed by atoms with Gasteiger partial charge in [-0.2, -0.15) is 5.26 Å². The molecule has 0 spiro atoms. The summed E-state index contributed by atoms with van der Waals surface area (Å²) in [6.45, 7) is 2.28. The molecule has 4 N–H and O–H groups in total. The van der Waals surface area contributed by atoms with Crippen molar-refractivity contribution in [1.82, 2.24) is 16.0 Å². The van der Waals surface area contributed by atoms with Crippen LogP contribution in [0.25, 0.3) is 0 Å². The van der Waals surface area contributed by atoms with E-state index < -0.39 is 0 Å². The number of hydrogen-bond acceptors (Lipinski definition) is 5. The Morgan fingerprint density at radius 1 is 1.21 bits per heavy atom. The minimum Gasteiger partial charge on any atom is -0.496 e. The molecule has 0 unspecified atom stereocenters. The van der Waals surface area contributed by atoms with Crippen LogP contribution in [0.4, 0.5) is 0 Å². The van der Waals surface area contributed by atoms with Gasteiger partial charge in [0.2, 0.25) is 12.2 Å². The molecule has 2 aromatic rings. The number of carbonyl (C=O) groups is 1. The Labute approximate surface area is 201 Å². The number of rotatable bonds is 8. The van der Waals surface area contributed by atoms with Crippen LogP contribution in [0, 0.1) is 11.5 Å². The van der Waals surface area contributed by atoms with Crippen LogP contribution in [0.1, 0.15) is 48.5 Å². The maximum Gasteiger partial charge on any atom is 0.255 e. The van der Waals surface area contributed by atoms with Gasteiger partial charge in [0.05, 0.1) is 19.3 Å². The number of methoxy groups -OCH3 is 1. The lowest BCUT2D eigenvalue weighted by Crippen LogP contribution is -2.51. The van der Waals surface area contributed by atoms with Gasteiger partial charge < -0.3 is 25.8 Å². The van der Waals surface area contributed by atoms with Crippen molar-refractivity contribution < 1.29 is 14.6 Å². The van der Waals surface area contributed by atoms with E-state index in [4.69, 9.17) is 10.00 Å². The maximum atomic E-state index is 13.0. The van der Waals surface area contributed by atoms with Crippen LogP contribution in [0.2, 0.25) is 0 Å². The smallest absolute Gasteiger partial charge is 0.255 e. The van der Waals surface area contributed by atoms with Gasteiger partial charge in [-0.15, -0.1) is 4.99 Å². The summed E-state index contributed by atoms with van der Waals surface area (Å²) in [4.78, 5) is 16.8. The topological polar surface area (TPSA) is 119 Å². The van der Waals surface area contributed by atoms with Gasteiger partial charge in [0.1, 0.15) is 5.75 Å². The average molecular weight is 464 g/mol. The number of aliphatic hydroxyl groups is 1. The van der Waals surface area contributed by atoms with Crippen molar-refractivity contribution in [3.8, 4) is 11.9 Å². The lowest BCUT2D eigenvalue weighted by atomic mass is 9.68. The van der Waals surface area contributed by atoms with Gasteiger partial charge >= 0.3 is 0 Å². The van der Waals surface area contributed by atoms with E-state index in [0.29, 0.717) is 23.8 Å². The van der Waals surface area contributed by atoms with Gasteiger partial charge in [-0.3, -0.25) is 4.79 Å². The van der Waals surface area contributed by atoms with Crippen LogP contribution >= 0.6 is 0 Å². The summed E-state index contributed by atoms with van der Waals surface area (Å²) in [5, 5.41) is 27.8. The number of nitrogens with zero attached hydrogens (tertiary/aromatic N) is 2. The van der Waals surface area contributed by atoms with Gasteiger partial charge in [-0.1, -0.05) is 42.5 Å². The Morgan fingerprint density at radius 2 is 1.88 bits per heavy atom. The zero-order chi connectivity index (χ0) is 24.4. The summed E-state index contributed by atoms with van der Waals surface area (Å²) in [6.07, 6.45) is 5.22. The molecule has 0 heterocycles. The standard InChI is InChI=1S/C26H33N5O3/c1-19(16-32)30-25(29-18-27)31-21-12-14-26(15-13-21,20-8-4-3-5-9-20)17-28-24(33)22-10-6-7-11-23(22)34-2/h3-11,19,21,32H,12-17H2,1-2H3,(H,28,33)(H2,29,30,31)/t19-,21-,26-/m0/s1. The molecule has 180 valence electrons. The number of aliphatic imine (C=N–C) groups is 1. The lowest BCUT2D eigenvalue weighted by molar-refractivity contribution is 0.0932. The number of nitriles is 1. The van der Waals surface area contributed by atoms with Gasteiger partial charge in [0, 0.05) is 24.0 Å². The summed E-state index contributed by atoms with van der Waals surface area (Å²) in [5.74, 6) is 0.778. The van der Waals surface area contributed by atoms with Gasteiger partial charge in [0.15, 0.2) is 0 Å². The second-order valence-corrected chi connectivity index (χ2v) is 8.74. The van der Waals surface area contributed by atoms with Crippen molar-refractivity contribution in [2.24, 2.45) is 4.99 Å². The molecule has 0 aromatic heterocycles. The molecule has 0 saturated heterocycles. The molecule has 34 heavy (non-hydrogen) atoms. The maximum absolute atomic E-state index is 13.0. The Hall–Kier alpha value is -3.57. The van der Waals surface area contributed by atoms with Crippen LogP contribution in [0.5, 0.6) is 5.75 Å². The highest BCUT2D eigenvalue weighted by molar-refractivity contribution is 5.97. The predicted octanol–water partition coefficient (Wildman–Crippen LogP) is 2.70. The molecular formula is C26H33N5O3.